The molecule has 5 atom stereocenters. The zero-order valence-electron chi connectivity index (χ0n) is 28.9. The Kier molecular flexibility index (Phi) is 8.86. The van der Waals surface area contributed by atoms with Crippen LogP contribution in [-0.4, -0.2) is 71.1 Å². The Labute approximate surface area is 289 Å². The number of nitrogens with zero attached hydrogens (tertiary/aromatic N) is 2. The number of benzene rings is 3. The molecule has 2 unspecified atom stereocenters. The van der Waals surface area contributed by atoms with Gasteiger partial charge in [0, 0.05) is 38.6 Å². The van der Waals surface area contributed by atoms with Crippen LogP contribution in [0.3, 0.4) is 0 Å². The van der Waals surface area contributed by atoms with Crippen LogP contribution >= 0.6 is 0 Å². The van der Waals surface area contributed by atoms with Gasteiger partial charge in [-0.1, -0.05) is 80.6 Å². The van der Waals surface area contributed by atoms with Crippen molar-refractivity contribution in [3.05, 3.63) is 101 Å². The molecule has 3 aromatic carbocycles. The van der Waals surface area contributed by atoms with E-state index in [9.17, 15) is 14.4 Å². The van der Waals surface area contributed by atoms with Gasteiger partial charge in [0.05, 0.1) is 17.5 Å². The number of hydrogen-bond donors (Lipinski definition) is 0. The number of piperidine rings is 1. The zero-order chi connectivity index (χ0) is 34.3. The summed E-state index contributed by atoms with van der Waals surface area (Å²) in [6.07, 6.45) is 6.47. The molecule has 1 spiro atoms. The lowest BCUT2D eigenvalue weighted by atomic mass is 9.48. The van der Waals surface area contributed by atoms with Crippen LogP contribution in [0.25, 0.3) is 6.08 Å². The SMILES string of the molecule is CC(=O)Oc1ccc2c3c1OC1C(N(CC(C)C)C(=O)/C=C/c4ccccc4)CC[C@@]4(OC(C)=O)[C@@H](C2)N(CCc2ccccc2)CC[C@]314. The molecular formula is C41H46N2O6. The lowest BCUT2D eigenvalue weighted by molar-refractivity contribution is -0.224. The number of esters is 2. The molecule has 1 saturated heterocycles. The van der Waals surface area contributed by atoms with E-state index in [0.29, 0.717) is 43.7 Å². The van der Waals surface area contributed by atoms with Gasteiger partial charge in [-0.25, -0.2) is 0 Å². The lowest BCUT2D eigenvalue weighted by Gasteiger charge is -2.65. The molecule has 1 saturated carbocycles. The Morgan fingerprint density at radius 1 is 0.980 bits per heavy atom. The maximum absolute atomic E-state index is 14.2. The number of hydrogen-bond acceptors (Lipinski definition) is 7. The Morgan fingerprint density at radius 3 is 2.41 bits per heavy atom. The van der Waals surface area contributed by atoms with E-state index in [2.05, 4.69) is 49.1 Å². The van der Waals surface area contributed by atoms with Crippen LogP contribution in [0.5, 0.6) is 11.5 Å². The van der Waals surface area contributed by atoms with E-state index in [0.717, 1.165) is 36.2 Å². The van der Waals surface area contributed by atoms with Gasteiger partial charge in [-0.3, -0.25) is 19.3 Å². The van der Waals surface area contributed by atoms with Gasteiger partial charge in [0.1, 0.15) is 11.7 Å². The molecule has 4 aliphatic rings. The summed E-state index contributed by atoms with van der Waals surface area (Å²) < 4.78 is 19.5. The maximum Gasteiger partial charge on any atom is 0.308 e. The highest BCUT2D eigenvalue weighted by atomic mass is 16.6. The fourth-order valence-electron chi connectivity index (χ4n) is 9.38. The molecule has 256 valence electrons. The van der Waals surface area contributed by atoms with Crippen molar-refractivity contribution < 1.29 is 28.6 Å². The first-order valence-electron chi connectivity index (χ1n) is 17.7. The monoisotopic (exact) mass is 662 g/mol. The zero-order valence-corrected chi connectivity index (χ0v) is 28.9. The number of carbonyl (C=O) groups is 3. The molecule has 7 rings (SSSR count). The van der Waals surface area contributed by atoms with Gasteiger partial charge in [-0.05, 0) is 73.4 Å². The topological polar surface area (TPSA) is 85.4 Å². The average molecular weight is 663 g/mol. The molecule has 0 N–H and O–H groups in total. The van der Waals surface area contributed by atoms with Crippen LogP contribution in [0.4, 0.5) is 0 Å². The molecule has 2 aliphatic carbocycles. The van der Waals surface area contributed by atoms with Crippen molar-refractivity contribution in [3.8, 4) is 11.5 Å². The highest BCUT2D eigenvalue weighted by Gasteiger charge is 2.75. The molecule has 8 heteroatoms. The first-order valence-corrected chi connectivity index (χ1v) is 17.7. The van der Waals surface area contributed by atoms with E-state index in [4.69, 9.17) is 14.2 Å². The van der Waals surface area contributed by atoms with Crippen LogP contribution in [0, 0.1) is 5.92 Å². The van der Waals surface area contributed by atoms with Gasteiger partial charge in [-0.15, -0.1) is 0 Å². The first kappa shape index (κ1) is 33.1. The summed E-state index contributed by atoms with van der Waals surface area (Å²) >= 11 is 0. The standard InChI is InChI=1S/C41H46N2O6/c1-27(2)26-43(36(46)18-15-30-11-7-5-8-12-30)33-19-21-41(49-29(4)45)35-25-32-16-17-34(47-28(3)44)38-37(32)40(41,39(33)48-38)22-24-42(35)23-20-31-13-9-6-10-14-31/h5-18,27,33,35,39H,19-26H2,1-4H3/b18-15+/t33?,35-,39?,40+,41-/m1/s1. The molecule has 1 amide bonds. The van der Waals surface area contributed by atoms with Crippen molar-refractivity contribution in [1.29, 1.82) is 0 Å². The number of carbonyl (C=O) groups excluding carboxylic acids is 3. The second kappa shape index (κ2) is 13.1. The van der Waals surface area contributed by atoms with E-state index >= 15 is 0 Å². The van der Waals surface area contributed by atoms with Crippen molar-refractivity contribution >= 4 is 23.9 Å². The Morgan fingerprint density at radius 2 is 1.71 bits per heavy atom. The second-order valence-electron chi connectivity index (χ2n) is 14.5. The van der Waals surface area contributed by atoms with Gasteiger partial charge in [0.2, 0.25) is 5.91 Å². The third kappa shape index (κ3) is 5.74. The summed E-state index contributed by atoms with van der Waals surface area (Å²) in [5.41, 5.74) is 2.72. The Hall–Kier alpha value is -4.43. The molecule has 2 bridgehead atoms. The highest BCUT2D eigenvalue weighted by Crippen LogP contribution is 2.67. The van der Waals surface area contributed by atoms with Gasteiger partial charge in [0.15, 0.2) is 11.5 Å². The number of likely N-dealkylation sites (tertiary alicyclic amines) is 1. The number of ether oxygens (including phenoxy) is 3. The van der Waals surface area contributed by atoms with Gasteiger partial charge >= 0.3 is 11.9 Å². The fourth-order valence-corrected chi connectivity index (χ4v) is 9.38. The third-order valence-corrected chi connectivity index (χ3v) is 11.1. The van der Waals surface area contributed by atoms with Crippen molar-refractivity contribution in [2.45, 2.75) is 89.0 Å². The van der Waals surface area contributed by atoms with Crippen molar-refractivity contribution in [2.75, 3.05) is 19.6 Å². The number of rotatable bonds is 10. The summed E-state index contributed by atoms with van der Waals surface area (Å²) in [4.78, 5) is 44.2. The predicted molar refractivity (Wildman–Crippen MR) is 187 cm³/mol. The molecule has 2 aliphatic heterocycles. The molecule has 0 aromatic heterocycles. The minimum atomic E-state index is -0.880. The van der Waals surface area contributed by atoms with Crippen molar-refractivity contribution in [3.63, 3.8) is 0 Å². The normalized spacial score (nSPS) is 26.6. The Balaban J connectivity index is 1.34. The molecule has 2 fully saturated rings. The largest absolute Gasteiger partial charge is 0.483 e. The van der Waals surface area contributed by atoms with Crippen molar-refractivity contribution in [2.24, 2.45) is 5.92 Å². The van der Waals surface area contributed by atoms with E-state index in [-0.39, 0.29) is 29.9 Å². The quantitative estimate of drug-likeness (QED) is 0.146. The maximum atomic E-state index is 14.2. The molecule has 0 radical (unpaired) electrons. The smallest absolute Gasteiger partial charge is 0.308 e. The molecule has 8 nitrogen and oxygen atoms in total. The lowest BCUT2D eigenvalue weighted by Crippen LogP contribution is -2.79. The van der Waals surface area contributed by atoms with E-state index in [1.807, 2.05) is 53.4 Å². The van der Waals surface area contributed by atoms with Crippen LogP contribution in [0.2, 0.25) is 0 Å². The van der Waals surface area contributed by atoms with Crippen LogP contribution in [0.1, 0.15) is 69.2 Å². The van der Waals surface area contributed by atoms with E-state index < -0.39 is 23.1 Å². The number of amides is 1. The summed E-state index contributed by atoms with van der Waals surface area (Å²) in [6, 6.07) is 23.8. The van der Waals surface area contributed by atoms with E-state index in [1.54, 1.807) is 6.08 Å². The Bertz CT molecular complexity index is 1760. The molecular weight excluding hydrogens is 616 g/mol. The van der Waals surface area contributed by atoms with Crippen LogP contribution in [-0.2, 0) is 37.4 Å². The van der Waals surface area contributed by atoms with Gasteiger partial charge in [-0.2, -0.15) is 0 Å². The van der Waals surface area contributed by atoms with Gasteiger partial charge in [0.25, 0.3) is 0 Å². The van der Waals surface area contributed by atoms with Crippen LogP contribution in [0.15, 0.2) is 78.9 Å². The van der Waals surface area contributed by atoms with Crippen molar-refractivity contribution in [1.82, 2.24) is 9.80 Å². The third-order valence-electron chi connectivity index (χ3n) is 11.1. The molecule has 2 heterocycles. The minimum absolute atomic E-state index is 0.0772. The van der Waals surface area contributed by atoms with E-state index in [1.165, 1.54) is 19.4 Å². The fraction of sp³-hybridized carbons (Fsp3) is 0.439. The summed E-state index contributed by atoms with van der Waals surface area (Å²) in [6.45, 7) is 9.30. The second-order valence-corrected chi connectivity index (χ2v) is 14.5. The first-order chi connectivity index (χ1) is 23.6. The predicted octanol–water partition coefficient (Wildman–Crippen LogP) is 6.15. The molecule has 49 heavy (non-hydrogen) atoms. The highest BCUT2D eigenvalue weighted by molar-refractivity contribution is 5.92. The van der Waals surface area contributed by atoms with Gasteiger partial charge < -0.3 is 19.1 Å². The minimum Gasteiger partial charge on any atom is -0.483 e. The summed E-state index contributed by atoms with van der Waals surface area (Å²) in [5.74, 6) is 0.311. The van der Waals surface area contributed by atoms with Crippen LogP contribution < -0.4 is 9.47 Å². The molecule has 3 aromatic rings. The average Bonchev–Trinajstić information content (AvgIpc) is 3.43. The summed E-state index contributed by atoms with van der Waals surface area (Å²) in [5, 5.41) is 0. The summed E-state index contributed by atoms with van der Waals surface area (Å²) in [7, 11) is 0.